The predicted molar refractivity (Wildman–Crippen MR) is 131 cm³/mol. The molecule has 0 radical (unpaired) electrons. The highest BCUT2D eigenvalue weighted by atomic mass is 16.3. The predicted octanol–water partition coefficient (Wildman–Crippen LogP) is 4.77. The maximum Gasteiger partial charge on any atom is 0.253 e. The Morgan fingerprint density at radius 1 is 1.00 bits per heavy atom. The highest BCUT2D eigenvalue weighted by Gasteiger charge is 2.34. The van der Waals surface area contributed by atoms with E-state index >= 15 is 0 Å². The smallest absolute Gasteiger partial charge is 0.253 e. The molecule has 0 aromatic heterocycles. The van der Waals surface area contributed by atoms with Gasteiger partial charge >= 0.3 is 0 Å². The number of carbonyl (C=O) groups is 1. The normalized spacial score (nSPS) is 20.8. The Morgan fingerprint density at radius 3 is 2.28 bits per heavy atom. The van der Waals surface area contributed by atoms with E-state index in [1.54, 1.807) is 6.07 Å². The lowest BCUT2D eigenvalue weighted by atomic mass is 9.92. The van der Waals surface area contributed by atoms with Crippen molar-refractivity contribution in [1.82, 2.24) is 14.7 Å². The number of piperazine rings is 1. The van der Waals surface area contributed by atoms with E-state index in [9.17, 15) is 9.90 Å². The fourth-order valence-electron chi connectivity index (χ4n) is 4.96. The molecule has 0 spiro atoms. The molecule has 3 rings (SSSR count). The zero-order chi connectivity index (χ0) is 23.3. The summed E-state index contributed by atoms with van der Waals surface area (Å²) in [5.41, 5.74) is 2.95. The molecule has 174 valence electrons. The molecule has 1 aliphatic heterocycles. The summed E-state index contributed by atoms with van der Waals surface area (Å²) in [6.07, 6.45) is 1.16. The van der Waals surface area contributed by atoms with Gasteiger partial charge in [0, 0.05) is 43.8 Å². The molecule has 1 saturated heterocycles. The van der Waals surface area contributed by atoms with Crippen molar-refractivity contribution in [3.05, 3.63) is 65.2 Å². The maximum atomic E-state index is 12.8. The number of rotatable bonds is 8. The average Bonchev–Trinajstić information content (AvgIpc) is 2.78. The van der Waals surface area contributed by atoms with Crippen molar-refractivity contribution in [2.24, 2.45) is 0 Å². The molecule has 3 atom stereocenters. The van der Waals surface area contributed by atoms with Crippen LogP contribution in [0.5, 0.6) is 5.75 Å². The zero-order valence-electron chi connectivity index (χ0n) is 20.3. The van der Waals surface area contributed by atoms with Gasteiger partial charge in [-0.3, -0.25) is 14.6 Å². The molecule has 32 heavy (non-hydrogen) atoms. The minimum absolute atomic E-state index is 0.0286. The van der Waals surface area contributed by atoms with E-state index in [1.807, 2.05) is 43.0 Å². The summed E-state index contributed by atoms with van der Waals surface area (Å²) in [5.74, 6) is 0.358. The molecule has 0 bridgehead atoms. The lowest BCUT2D eigenvalue weighted by Gasteiger charge is -2.47. The van der Waals surface area contributed by atoms with Gasteiger partial charge in [0.15, 0.2) is 0 Å². The van der Waals surface area contributed by atoms with E-state index in [0.717, 1.165) is 42.7 Å². The third-order valence-electron chi connectivity index (χ3n) is 6.72. The van der Waals surface area contributed by atoms with Crippen LogP contribution in [0.15, 0.2) is 48.5 Å². The van der Waals surface area contributed by atoms with Gasteiger partial charge in [-0.2, -0.15) is 0 Å². The topological polar surface area (TPSA) is 47.0 Å². The lowest BCUT2D eigenvalue weighted by Crippen LogP contribution is -2.57. The number of hydrogen-bond acceptors (Lipinski definition) is 4. The first-order chi connectivity index (χ1) is 15.4. The molecule has 0 unspecified atom stereocenters. The second-order valence-electron chi connectivity index (χ2n) is 8.99. The molecule has 1 amide bonds. The van der Waals surface area contributed by atoms with Gasteiger partial charge in [-0.1, -0.05) is 31.2 Å². The standard InChI is InChI=1S/C27H39N3O2/c1-6-16-29-18-21(5)30(19-20(29)4)26(24-10-9-11-25(31)17-24)22-12-14-23(15-13-22)27(32)28(7-2)8-3/h9-15,17,20-21,26,31H,6-8,16,18-19H2,1-5H3/t20-,21-,26-/m1/s1. The summed E-state index contributed by atoms with van der Waals surface area (Å²) in [7, 11) is 0. The van der Waals surface area contributed by atoms with Crippen LogP contribution in [0.1, 0.15) is 68.6 Å². The molecule has 0 aliphatic carbocycles. The monoisotopic (exact) mass is 437 g/mol. The van der Waals surface area contributed by atoms with Gasteiger partial charge in [-0.05, 0) is 76.1 Å². The van der Waals surface area contributed by atoms with E-state index in [2.05, 4.69) is 48.8 Å². The van der Waals surface area contributed by atoms with Crippen molar-refractivity contribution in [1.29, 1.82) is 0 Å². The molecule has 2 aromatic rings. The van der Waals surface area contributed by atoms with Crippen molar-refractivity contribution >= 4 is 5.91 Å². The fraction of sp³-hybridized carbons (Fsp3) is 0.519. The number of hydrogen-bond donors (Lipinski definition) is 1. The lowest BCUT2D eigenvalue weighted by molar-refractivity contribution is 0.0241. The summed E-state index contributed by atoms with van der Waals surface area (Å²) >= 11 is 0. The summed E-state index contributed by atoms with van der Waals surface area (Å²) in [4.78, 5) is 19.7. The summed E-state index contributed by atoms with van der Waals surface area (Å²) < 4.78 is 0. The Kier molecular flexibility index (Phi) is 8.32. The largest absolute Gasteiger partial charge is 0.508 e. The van der Waals surface area contributed by atoms with Gasteiger partial charge in [0.05, 0.1) is 6.04 Å². The van der Waals surface area contributed by atoms with Crippen molar-refractivity contribution in [2.75, 3.05) is 32.7 Å². The second kappa shape index (κ2) is 11.0. The molecular formula is C27H39N3O2. The summed E-state index contributed by atoms with van der Waals surface area (Å²) in [6, 6.07) is 16.5. The maximum absolute atomic E-state index is 12.8. The van der Waals surface area contributed by atoms with E-state index in [1.165, 1.54) is 0 Å². The Balaban J connectivity index is 1.95. The molecule has 1 heterocycles. The molecule has 1 aliphatic rings. The van der Waals surface area contributed by atoms with Crippen LogP contribution in [0.25, 0.3) is 0 Å². The van der Waals surface area contributed by atoms with E-state index in [4.69, 9.17) is 0 Å². The van der Waals surface area contributed by atoms with Crippen molar-refractivity contribution in [3.8, 4) is 5.75 Å². The first kappa shape index (κ1) is 24.3. The number of carbonyl (C=O) groups excluding carboxylic acids is 1. The number of phenolic OH excluding ortho intramolecular Hbond substituents is 1. The Bertz CT molecular complexity index is 879. The first-order valence-electron chi connectivity index (χ1n) is 12.1. The van der Waals surface area contributed by atoms with Gasteiger partial charge < -0.3 is 10.0 Å². The summed E-state index contributed by atoms with van der Waals surface area (Å²) in [5, 5.41) is 10.2. The molecule has 0 saturated carbocycles. The summed E-state index contributed by atoms with van der Waals surface area (Å²) in [6.45, 7) is 15.4. The number of aromatic hydroxyl groups is 1. The van der Waals surface area contributed by atoms with Gasteiger partial charge in [-0.15, -0.1) is 0 Å². The van der Waals surface area contributed by atoms with Crippen LogP contribution in [-0.2, 0) is 0 Å². The highest BCUT2D eigenvalue weighted by molar-refractivity contribution is 5.94. The highest BCUT2D eigenvalue weighted by Crippen LogP contribution is 2.34. The molecular weight excluding hydrogens is 398 g/mol. The number of nitrogens with zero attached hydrogens (tertiary/aromatic N) is 3. The zero-order valence-corrected chi connectivity index (χ0v) is 20.3. The third kappa shape index (κ3) is 5.33. The van der Waals surface area contributed by atoms with Crippen LogP contribution in [0.4, 0.5) is 0 Å². The molecule has 2 aromatic carbocycles. The van der Waals surface area contributed by atoms with Crippen LogP contribution in [-0.4, -0.2) is 70.5 Å². The first-order valence-corrected chi connectivity index (χ1v) is 12.1. The van der Waals surface area contributed by atoms with E-state index in [0.29, 0.717) is 25.2 Å². The molecule has 1 fully saturated rings. The number of phenols is 1. The minimum atomic E-state index is 0.0286. The Labute approximate surface area is 193 Å². The second-order valence-corrected chi connectivity index (χ2v) is 8.99. The van der Waals surface area contributed by atoms with Crippen LogP contribution in [0, 0.1) is 0 Å². The van der Waals surface area contributed by atoms with E-state index in [-0.39, 0.29) is 17.7 Å². The quantitative estimate of drug-likeness (QED) is 0.646. The van der Waals surface area contributed by atoms with Crippen LogP contribution < -0.4 is 0 Å². The van der Waals surface area contributed by atoms with Crippen molar-refractivity contribution in [2.45, 2.75) is 59.2 Å². The third-order valence-corrected chi connectivity index (χ3v) is 6.72. The number of benzene rings is 2. The number of amides is 1. The van der Waals surface area contributed by atoms with Crippen LogP contribution >= 0.6 is 0 Å². The Morgan fingerprint density at radius 2 is 1.69 bits per heavy atom. The molecule has 5 heteroatoms. The van der Waals surface area contributed by atoms with Gasteiger partial charge in [0.25, 0.3) is 5.91 Å². The van der Waals surface area contributed by atoms with Gasteiger partial charge in [0.1, 0.15) is 5.75 Å². The van der Waals surface area contributed by atoms with Crippen molar-refractivity contribution < 1.29 is 9.90 Å². The van der Waals surface area contributed by atoms with Gasteiger partial charge in [0.2, 0.25) is 0 Å². The van der Waals surface area contributed by atoms with Gasteiger partial charge in [-0.25, -0.2) is 0 Å². The fourth-order valence-corrected chi connectivity index (χ4v) is 4.96. The van der Waals surface area contributed by atoms with Crippen LogP contribution in [0.2, 0.25) is 0 Å². The Hall–Kier alpha value is -2.37. The molecule has 5 nitrogen and oxygen atoms in total. The average molecular weight is 438 g/mol. The SMILES string of the molecule is CCCN1C[C@@H](C)N([C@H](c2ccc(C(=O)N(CC)CC)cc2)c2cccc(O)c2)C[C@H]1C. The minimum Gasteiger partial charge on any atom is -0.508 e. The van der Waals surface area contributed by atoms with E-state index < -0.39 is 0 Å². The molecule has 1 N–H and O–H groups in total. The van der Waals surface area contributed by atoms with Crippen LogP contribution in [0.3, 0.4) is 0 Å². The van der Waals surface area contributed by atoms with Crippen molar-refractivity contribution in [3.63, 3.8) is 0 Å².